The van der Waals surface area contributed by atoms with E-state index in [9.17, 15) is 63.3 Å². The number of carboxylic acids is 2. The van der Waals surface area contributed by atoms with Gasteiger partial charge in [-0.15, -0.1) is 0 Å². The van der Waals surface area contributed by atoms with Gasteiger partial charge in [0.05, 0.1) is 18.5 Å². The molecular formula is C54H78N12O13. The van der Waals surface area contributed by atoms with Crippen LogP contribution in [0.2, 0.25) is 0 Å². The molecule has 0 bridgehead atoms. The van der Waals surface area contributed by atoms with E-state index in [1.165, 1.54) is 19.4 Å². The summed E-state index contributed by atoms with van der Waals surface area (Å²) in [6, 6.07) is 7.05. The van der Waals surface area contributed by atoms with E-state index >= 15 is 0 Å². The molecule has 15 N–H and O–H groups in total. The first-order chi connectivity index (χ1) is 37.6. The molecule has 79 heavy (non-hydrogen) atoms. The number of hydrogen-bond acceptors (Lipinski definition) is 14. The molecule has 25 nitrogen and oxygen atoms in total. The fourth-order valence-electron chi connectivity index (χ4n) is 8.88. The maximum absolute atomic E-state index is 14.4. The molecule has 1 aliphatic rings. The second-order valence-corrected chi connectivity index (χ2v) is 20.2. The van der Waals surface area contributed by atoms with Gasteiger partial charge in [-0.25, -0.2) is 9.78 Å². The lowest BCUT2D eigenvalue weighted by Crippen LogP contribution is -2.62. The Morgan fingerprint density at radius 1 is 0.684 bits per heavy atom. The van der Waals surface area contributed by atoms with E-state index in [4.69, 9.17) is 11.5 Å². The third-order valence-corrected chi connectivity index (χ3v) is 13.7. The minimum absolute atomic E-state index is 0.000289. The molecule has 0 unspecified atom stereocenters. The third-order valence-electron chi connectivity index (χ3n) is 13.7. The molecule has 3 aromatic rings. The van der Waals surface area contributed by atoms with Crippen LogP contribution in [0, 0.1) is 17.8 Å². The molecule has 25 heteroatoms. The monoisotopic (exact) mass is 1100 g/mol. The standard InChI is InChI=1S/C54H78N12O13/c1-6-31(4)43(51(74)63-42(30(2)3)50(73)65-44(32(5)67)52(75)66-23-15-21-41(66)54(78)79)64-45(68)36(53(76)77)28-58-47(70)38(20-13-14-22-55)60-48(71)40(25-34-18-11-8-12-19-34)62-49(72)39(24-33-16-9-7-10-17-33)61-46(69)37(56)26-35-27-57-29-59-35/h7-12,16-19,27,29-32,36-44,67H,6,13-15,20-26,28,55-56H2,1-5H3,(H,57,59)(H,58,70)(H,60,71)(H,61,69)(H,62,72)(H,63,74)(H,64,68)(H,65,73)(H,76,77)(H,78,79)/t31-,32+,36+,37-,38-,39-,40-,41-,42-,43-,44-/m0/s1. The van der Waals surface area contributed by atoms with E-state index in [1.807, 2.05) is 0 Å². The quantitative estimate of drug-likeness (QED) is 0.0257. The van der Waals surface area contributed by atoms with Crippen LogP contribution in [0.3, 0.4) is 0 Å². The van der Waals surface area contributed by atoms with Crippen LogP contribution in [0.5, 0.6) is 0 Å². The Kier molecular flexibility index (Phi) is 25.5. The largest absolute Gasteiger partial charge is 0.481 e. The number of hydrogen-bond donors (Lipinski definition) is 13. The van der Waals surface area contributed by atoms with Crippen molar-refractivity contribution in [2.24, 2.45) is 29.2 Å². The average molecular weight is 1100 g/mol. The smallest absolute Gasteiger partial charge is 0.326 e. The number of carboxylic acid groups (broad SMARTS) is 2. The van der Waals surface area contributed by atoms with Crippen LogP contribution < -0.4 is 48.7 Å². The number of unbranched alkanes of at least 4 members (excludes halogenated alkanes) is 1. The number of aromatic nitrogens is 2. The molecule has 1 aromatic heterocycles. The molecule has 1 saturated heterocycles. The van der Waals surface area contributed by atoms with E-state index in [-0.39, 0.29) is 51.6 Å². The zero-order valence-corrected chi connectivity index (χ0v) is 45.3. The van der Waals surface area contributed by atoms with Crippen molar-refractivity contribution in [1.82, 2.24) is 52.1 Å². The zero-order valence-electron chi connectivity index (χ0n) is 45.3. The molecule has 0 spiro atoms. The van der Waals surface area contributed by atoms with Crippen molar-refractivity contribution in [1.29, 1.82) is 0 Å². The molecule has 432 valence electrons. The maximum atomic E-state index is 14.4. The highest BCUT2D eigenvalue weighted by Gasteiger charge is 2.42. The molecule has 4 rings (SSSR count). The van der Waals surface area contributed by atoms with Crippen molar-refractivity contribution in [2.75, 3.05) is 19.6 Å². The Morgan fingerprint density at radius 2 is 1.23 bits per heavy atom. The second kappa shape index (κ2) is 31.6. The molecule has 0 saturated carbocycles. The first-order valence-electron chi connectivity index (χ1n) is 26.6. The van der Waals surface area contributed by atoms with Gasteiger partial charge in [-0.1, -0.05) is 94.8 Å². The molecule has 0 aliphatic carbocycles. The Balaban J connectivity index is 1.51. The fraction of sp³-hybridized carbons (Fsp3) is 0.537. The molecular weight excluding hydrogens is 1020 g/mol. The number of likely N-dealkylation sites (tertiary alicyclic amines) is 1. The Hall–Kier alpha value is -7.77. The van der Waals surface area contributed by atoms with E-state index < -0.39 is 138 Å². The summed E-state index contributed by atoms with van der Waals surface area (Å²) in [5.41, 5.74) is 13.9. The number of amides is 8. The maximum Gasteiger partial charge on any atom is 0.326 e. The number of rotatable bonds is 32. The summed E-state index contributed by atoms with van der Waals surface area (Å²) in [5, 5.41) is 48.6. The molecule has 8 amide bonds. The van der Waals surface area contributed by atoms with Crippen molar-refractivity contribution in [3.63, 3.8) is 0 Å². The van der Waals surface area contributed by atoms with E-state index in [2.05, 4.69) is 47.2 Å². The summed E-state index contributed by atoms with van der Waals surface area (Å²) in [7, 11) is 0. The molecule has 2 heterocycles. The Morgan fingerprint density at radius 3 is 1.73 bits per heavy atom. The molecule has 11 atom stereocenters. The van der Waals surface area contributed by atoms with Crippen LogP contribution in [0.4, 0.5) is 0 Å². The van der Waals surface area contributed by atoms with Crippen LogP contribution >= 0.6 is 0 Å². The van der Waals surface area contributed by atoms with Gasteiger partial charge in [0.1, 0.15) is 42.3 Å². The highest BCUT2D eigenvalue weighted by molar-refractivity contribution is 6.01. The second-order valence-electron chi connectivity index (χ2n) is 20.2. The molecule has 1 fully saturated rings. The average Bonchev–Trinajstić information content (AvgIpc) is 4.14. The number of nitrogens with zero attached hydrogens (tertiary/aromatic N) is 2. The van der Waals surface area contributed by atoms with Crippen LogP contribution in [0.1, 0.15) is 90.0 Å². The van der Waals surface area contributed by atoms with E-state index in [0.29, 0.717) is 36.1 Å². The normalized spacial score (nSPS) is 17.0. The first kappa shape index (κ1) is 63.8. The lowest BCUT2D eigenvalue weighted by Gasteiger charge is -2.32. The number of nitrogens with two attached hydrogens (primary N) is 2. The van der Waals surface area contributed by atoms with Gasteiger partial charge < -0.3 is 73.9 Å². The van der Waals surface area contributed by atoms with Gasteiger partial charge in [0.2, 0.25) is 47.3 Å². The lowest BCUT2D eigenvalue weighted by molar-refractivity contribution is -0.151. The summed E-state index contributed by atoms with van der Waals surface area (Å²) < 4.78 is 0. The number of imidazole rings is 1. The Labute approximate surface area is 458 Å². The molecule has 0 radical (unpaired) electrons. The number of aliphatic hydroxyl groups is 1. The Bertz CT molecular complexity index is 2520. The summed E-state index contributed by atoms with van der Waals surface area (Å²) in [5.74, 6) is -13.0. The third kappa shape index (κ3) is 19.6. The summed E-state index contributed by atoms with van der Waals surface area (Å²) in [4.78, 5) is 144. The predicted octanol–water partition coefficient (Wildman–Crippen LogP) is -1.22. The van der Waals surface area contributed by atoms with Crippen molar-refractivity contribution < 1.29 is 63.3 Å². The molecule has 1 aliphatic heterocycles. The van der Waals surface area contributed by atoms with Crippen LogP contribution in [-0.2, 0) is 67.2 Å². The number of aromatic amines is 1. The van der Waals surface area contributed by atoms with E-state index in [1.54, 1.807) is 88.4 Å². The van der Waals surface area contributed by atoms with E-state index in [0.717, 1.165) is 4.90 Å². The van der Waals surface area contributed by atoms with Gasteiger partial charge in [0.25, 0.3) is 0 Å². The number of aliphatic hydroxyl groups excluding tert-OH is 1. The van der Waals surface area contributed by atoms with Gasteiger partial charge >= 0.3 is 11.9 Å². The van der Waals surface area contributed by atoms with Crippen LogP contribution in [0.15, 0.2) is 73.2 Å². The number of aliphatic carboxylic acids is 2. The number of nitrogens with one attached hydrogen (secondary N) is 8. The summed E-state index contributed by atoms with van der Waals surface area (Å²) in [6.45, 7) is 7.24. The zero-order chi connectivity index (χ0) is 58.3. The minimum Gasteiger partial charge on any atom is -0.481 e. The van der Waals surface area contributed by atoms with Crippen molar-refractivity contribution >= 4 is 59.2 Å². The number of H-pyrrole nitrogens is 1. The number of carbonyl (C=O) groups excluding carboxylic acids is 8. The first-order valence-corrected chi connectivity index (χ1v) is 26.6. The number of benzene rings is 2. The summed E-state index contributed by atoms with van der Waals surface area (Å²) >= 11 is 0. The SMILES string of the molecule is CC[C@H](C)[C@H](NC(=O)[C@@H](CNC(=O)[C@H](CCCCN)NC(=O)[C@H](Cc1ccccc1)NC(=O)[C@H](Cc1ccccc1)NC(=O)[C@@H](N)Cc1cnc[nH]1)C(=O)O)C(=O)N[C@H](C(=O)N[C@H](C(=O)N1CCC[C@H]1C(=O)O)[C@@H](C)O)C(C)C. The highest BCUT2D eigenvalue weighted by atomic mass is 16.4. The van der Waals surface area contributed by atoms with Gasteiger partial charge in [-0.2, -0.15) is 0 Å². The molecule has 2 aromatic carbocycles. The van der Waals surface area contributed by atoms with Gasteiger partial charge in [-0.05, 0) is 68.5 Å². The van der Waals surface area contributed by atoms with Crippen molar-refractivity contribution in [3.8, 4) is 0 Å². The van der Waals surface area contributed by atoms with Crippen molar-refractivity contribution in [3.05, 3.63) is 90.0 Å². The highest BCUT2D eigenvalue weighted by Crippen LogP contribution is 2.20. The predicted molar refractivity (Wildman–Crippen MR) is 288 cm³/mol. The van der Waals surface area contributed by atoms with Gasteiger partial charge in [-0.3, -0.25) is 43.2 Å². The summed E-state index contributed by atoms with van der Waals surface area (Å²) in [6.07, 6.45) is 3.14. The topological polar surface area (TPSA) is 400 Å². The van der Waals surface area contributed by atoms with Crippen molar-refractivity contribution in [2.45, 2.75) is 147 Å². The lowest BCUT2D eigenvalue weighted by atomic mass is 9.95. The van der Waals surface area contributed by atoms with Crippen LogP contribution in [0.25, 0.3) is 0 Å². The van der Waals surface area contributed by atoms with Gasteiger partial charge in [0, 0.05) is 44.2 Å². The fourth-order valence-corrected chi connectivity index (χ4v) is 8.88. The minimum atomic E-state index is -1.99. The van der Waals surface area contributed by atoms with Gasteiger partial charge in [0.15, 0.2) is 5.92 Å². The van der Waals surface area contributed by atoms with Crippen LogP contribution in [-0.4, -0.2) is 163 Å². The number of carbonyl (C=O) groups is 10.